The van der Waals surface area contributed by atoms with Crippen LogP contribution in [0, 0.1) is 5.92 Å². The first-order chi connectivity index (χ1) is 7.58. The second-order valence-corrected chi connectivity index (χ2v) is 6.66. The van der Waals surface area contributed by atoms with Gasteiger partial charge < -0.3 is 10.0 Å². The lowest BCUT2D eigenvalue weighted by molar-refractivity contribution is 0.0649. The summed E-state index contributed by atoms with van der Waals surface area (Å²) in [6, 6.07) is 3.67. The van der Waals surface area contributed by atoms with E-state index in [1.165, 1.54) is 11.3 Å². The van der Waals surface area contributed by atoms with Crippen LogP contribution in [0.15, 0.2) is 15.9 Å². The van der Waals surface area contributed by atoms with E-state index in [1.807, 2.05) is 6.07 Å². The number of rotatable bonds is 4. The number of carbonyl (C=O) groups excluding carboxylic acids is 1. The summed E-state index contributed by atoms with van der Waals surface area (Å²) in [6.07, 6.45) is 1.82. The van der Waals surface area contributed by atoms with Crippen molar-refractivity contribution in [2.24, 2.45) is 5.92 Å². The molecule has 1 aliphatic carbocycles. The highest BCUT2D eigenvalue weighted by Crippen LogP contribution is 2.33. The molecule has 0 bridgehead atoms. The van der Waals surface area contributed by atoms with Crippen LogP contribution in [0.3, 0.4) is 0 Å². The van der Waals surface area contributed by atoms with Crippen molar-refractivity contribution in [2.75, 3.05) is 13.6 Å². The lowest BCUT2D eigenvalue weighted by atomic mass is 10.2. The van der Waals surface area contributed by atoms with Gasteiger partial charge in [0.25, 0.3) is 5.91 Å². The van der Waals surface area contributed by atoms with E-state index in [0.29, 0.717) is 17.3 Å². The average molecular weight is 304 g/mol. The molecular formula is C11H14BrNO2S. The third-order valence-corrected chi connectivity index (χ3v) is 4.37. The molecule has 1 N–H and O–H groups in total. The maximum Gasteiger partial charge on any atom is 0.263 e. The molecule has 0 aromatic carbocycles. The van der Waals surface area contributed by atoms with Crippen molar-refractivity contribution in [3.8, 4) is 0 Å². The van der Waals surface area contributed by atoms with Crippen LogP contribution in [0.4, 0.5) is 0 Å². The molecule has 3 nitrogen and oxygen atoms in total. The van der Waals surface area contributed by atoms with Gasteiger partial charge in [0.1, 0.15) is 0 Å². The van der Waals surface area contributed by atoms with Gasteiger partial charge in [-0.15, -0.1) is 11.3 Å². The summed E-state index contributed by atoms with van der Waals surface area (Å²) in [5.74, 6) is 0.390. The van der Waals surface area contributed by atoms with Crippen molar-refractivity contribution in [2.45, 2.75) is 18.9 Å². The third-order valence-electron chi connectivity index (χ3n) is 2.76. The van der Waals surface area contributed by atoms with Crippen LogP contribution < -0.4 is 0 Å². The van der Waals surface area contributed by atoms with Gasteiger partial charge in [-0.1, -0.05) is 0 Å². The van der Waals surface area contributed by atoms with Crippen molar-refractivity contribution in [3.05, 3.63) is 20.8 Å². The molecule has 0 radical (unpaired) electrons. The normalized spacial score (nSPS) is 17.2. The molecule has 1 fully saturated rings. The Hall–Kier alpha value is -0.390. The van der Waals surface area contributed by atoms with Crippen LogP contribution in [-0.2, 0) is 0 Å². The molecule has 1 unspecified atom stereocenters. The van der Waals surface area contributed by atoms with Crippen molar-refractivity contribution in [3.63, 3.8) is 0 Å². The van der Waals surface area contributed by atoms with Crippen LogP contribution in [0.2, 0.25) is 0 Å². The van der Waals surface area contributed by atoms with E-state index in [0.717, 1.165) is 16.6 Å². The number of aliphatic hydroxyl groups is 1. The Kier molecular flexibility index (Phi) is 3.66. The van der Waals surface area contributed by atoms with Crippen LogP contribution in [-0.4, -0.2) is 35.6 Å². The smallest absolute Gasteiger partial charge is 0.263 e. The fraction of sp³-hybridized carbons (Fsp3) is 0.545. The zero-order valence-corrected chi connectivity index (χ0v) is 11.4. The largest absolute Gasteiger partial charge is 0.391 e. The van der Waals surface area contributed by atoms with Gasteiger partial charge >= 0.3 is 0 Å². The van der Waals surface area contributed by atoms with E-state index in [1.54, 1.807) is 18.0 Å². The van der Waals surface area contributed by atoms with Crippen molar-refractivity contribution >= 4 is 33.2 Å². The first-order valence-electron chi connectivity index (χ1n) is 5.27. The second kappa shape index (κ2) is 4.85. The van der Waals surface area contributed by atoms with Crippen LogP contribution in [0.5, 0.6) is 0 Å². The predicted molar refractivity (Wildman–Crippen MR) is 67.7 cm³/mol. The Labute approximate surface area is 107 Å². The summed E-state index contributed by atoms with van der Waals surface area (Å²) < 4.78 is 0.951. The molecule has 1 heterocycles. The van der Waals surface area contributed by atoms with Gasteiger partial charge in [-0.25, -0.2) is 0 Å². The topological polar surface area (TPSA) is 40.5 Å². The van der Waals surface area contributed by atoms with Gasteiger partial charge in [0, 0.05) is 13.6 Å². The zero-order chi connectivity index (χ0) is 11.7. The molecule has 2 rings (SSSR count). The minimum absolute atomic E-state index is 0.0181. The van der Waals surface area contributed by atoms with E-state index < -0.39 is 0 Å². The SMILES string of the molecule is CN(CC(O)C1CC1)C(=O)c1ccc(Br)s1. The minimum atomic E-state index is -0.364. The lowest BCUT2D eigenvalue weighted by Crippen LogP contribution is -2.34. The number of hydrogen-bond donors (Lipinski definition) is 1. The molecule has 0 aliphatic heterocycles. The first-order valence-corrected chi connectivity index (χ1v) is 6.87. The number of halogens is 1. The van der Waals surface area contributed by atoms with E-state index >= 15 is 0 Å². The number of aliphatic hydroxyl groups excluding tert-OH is 1. The zero-order valence-electron chi connectivity index (χ0n) is 9.02. The molecule has 1 aliphatic rings. The number of carbonyl (C=O) groups is 1. The summed E-state index contributed by atoms with van der Waals surface area (Å²) in [6.45, 7) is 0.430. The molecular weight excluding hydrogens is 290 g/mol. The van der Waals surface area contributed by atoms with E-state index in [9.17, 15) is 9.90 Å². The predicted octanol–water partition coefficient (Wildman–Crippen LogP) is 2.35. The molecule has 88 valence electrons. The van der Waals surface area contributed by atoms with Gasteiger partial charge in [-0.05, 0) is 46.8 Å². The van der Waals surface area contributed by atoms with Gasteiger partial charge in [0.2, 0.25) is 0 Å². The highest BCUT2D eigenvalue weighted by molar-refractivity contribution is 9.11. The molecule has 5 heteroatoms. The van der Waals surface area contributed by atoms with Crippen LogP contribution in [0.1, 0.15) is 22.5 Å². The Morgan fingerprint density at radius 3 is 2.88 bits per heavy atom. The molecule has 1 atom stereocenters. The summed E-state index contributed by atoms with van der Waals surface area (Å²) in [4.78, 5) is 14.2. The molecule has 16 heavy (non-hydrogen) atoms. The van der Waals surface area contributed by atoms with E-state index in [4.69, 9.17) is 0 Å². The number of hydrogen-bond acceptors (Lipinski definition) is 3. The summed E-state index contributed by atoms with van der Waals surface area (Å²) in [7, 11) is 1.74. The summed E-state index contributed by atoms with van der Waals surface area (Å²) >= 11 is 4.75. The standard InChI is InChI=1S/C11H14BrNO2S/c1-13(6-8(14)7-2-3-7)11(15)9-4-5-10(12)16-9/h4-5,7-8,14H,2-3,6H2,1H3. The Morgan fingerprint density at radius 1 is 1.69 bits per heavy atom. The fourth-order valence-electron chi connectivity index (χ4n) is 1.61. The molecule has 0 saturated heterocycles. The summed E-state index contributed by atoms with van der Waals surface area (Å²) in [5, 5.41) is 9.76. The monoisotopic (exact) mass is 303 g/mol. The van der Waals surface area contributed by atoms with Crippen LogP contribution in [0.25, 0.3) is 0 Å². The van der Waals surface area contributed by atoms with Gasteiger partial charge in [-0.2, -0.15) is 0 Å². The molecule has 1 aromatic heterocycles. The van der Waals surface area contributed by atoms with Crippen molar-refractivity contribution < 1.29 is 9.90 Å². The van der Waals surface area contributed by atoms with E-state index in [-0.39, 0.29) is 12.0 Å². The molecule has 1 saturated carbocycles. The van der Waals surface area contributed by atoms with Crippen molar-refractivity contribution in [1.29, 1.82) is 0 Å². The molecule has 1 amide bonds. The summed E-state index contributed by atoms with van der Waals surface area (Å²) in [5.41, 5.74) is 0. The highest BCUT2D eigenvalue weighted by Gasteiger charge is 2.31. The Bertz CT molecular complexity index is 389. The number of likely N-dealkylation sites (N-methyl/N-ethyl adjacent to an activating group) is 1. The van der Waals surface area contributed by atoms with Crippen molar-refractivity contribution in [1.82, 2.24) is 4.90 Å². The maximum atomic E-state index is 11.9. The third kappa shape index (κ3) is 2.84. The van der Waals surface area contributed by atoms with Crippen LogP contribution >= 0.6 is 27.3 Å². The van der Waals surface area contributed by atoms with Gasteiger partial charge in [-0.3, -0.25) is 4.79 Å². The van der Waals surface area contributed by atoms with E-state index in [2.05, 4.69) is 15.9 Å². The Balaban J connectivity index is 1.93. The number of thiophene rings is 1. The number of nitrogens with zero attached hydrogens (tertiary/aromatic N) is 1. The lowest BCUT2D eigenvalue weighted by Gasteiger charge is -2.19. The first kappa shape index (κ1) is 12.1. The van der Waals surface area contributed by atoms with Gasteiger partial charge in [0.15, 0.2) is 0 Å². The average Bonchev–Trinajstić information content (AvgIpc) is 3.00. The Morgan fingerprint density at radius 2 is 2.38 bits per heavy atom. The number of amides is 1. The quantitative estimate of drug-likeness (QED) is 0.927. The second-order valence-electron chi connectivity index (χ2n) is 4.19. The minimum Gasteiger partial charge on any atom is -0.391 e. The fourth-order valence-corrected chi connectivity index (χ4v) is 2.99. The molecule has 1 aromatic rings. The maximum absolute atomic E-state index is 11.9. The molecule has 0 spiro atoms. The van der Waals surface area contributed by atoms with Gasteiger partial charge in [0.05, 0.1) is 14.8 Å². The highest BCUT2D eigenvalue weighted by atomic mass is 79.9.